The van der Waals surface area contributed by atoms with Gasteiger partial charge in [0.2, 0.25) is 5.91 Å². The van der Waals surface area contributed by atoms with Crippen molar-refractivity contribution in [2.45, 2.75) is 26.2 Å². The van der Waals surface area contributed by atoms with Gasteiger partial charge in [0, 0.05) is 17.9 Å². The molecule has 19 heavy (non-hydrogen) atoms. The maximum atomic E-state index is 12.0. The second kappa shape index (κ2) is 6.57. The molecule has 1 unspecified atom stereocenters. The summed E-state index contributed by atoms with van der Waals surface area (Å²) < 4.78 is 0. The van der Waals surface area contributed by atoms with Crippen LogP contribution in [0, 0.1) is 5.92 Å². The first-order chi connectivity index (χ1) is 9.17. The lowest BCUT2D eigenvalue weighted by Gasteiger charge is -2.31. The maximum Gasteiger partial charge on any atom is 0.238 e. The predicted octanol–water partition coefficient (Wildman–Crippen LogP) is 2.33. The minimum absolute atomic E-state index is 0.0570. The number of carbonyl (C=O) groups is 1. The van der Waals surface area contributed by atoms with Crippen LogP contribution in [0.2, 0.25) is 0 Å². The number of piperidine rings is 1. The van der Waals surface area contributed by atoms with Crippen molar-refractivity contribution >= 4 is 17.3 Å². The van der Waals surface area contributed by atoms with Gasteiger partial charge in [0.1, 0.15) is 0 Å². The largest absolute Gasteiger partial charge is 0.399 e. The van der Waals surface area contributed by atoms with Crippen molar-refractivity contribution in [2.24, 2.45) is 5.92 Å². The zero-order valence-corrected chi connectivity index (χ0v) is 11.6. The van der Waals surface area contributed by atoms with E-state index in [1.54, 1.807) is 12.1 Å². The Morgan fingerprint density at radius 1 is 1.42 bits per heavy atom. The average molecular weight is 261 g/mol. The van der Waals surface area contributed by atoms with Gasteiger partial charge in [-0.2, -0.15) is 0 Å². The van der Waals surface area contributed by atoms with Crippen LogP contribution in [0.25, 0.3) is 0 Å². The molecule has 3 N–H and O–H groups in total. The van der Waals surface area contributed by atoms with E-state index in [1.807, 2.05) is 12.1 Å². The molecule has 1 atom stereocenters. The van der Waals surface area contributed by atoms with Crippen molar-refractivity contribution in [3.8, 4) is 0 Å². The molecule has 104 valence electrons. The fourth-order valence-corrected chi connectivity index (χ4v) is 2.60. The molecule has 0 bridgehead atoms. The zero-order valence-electron chi connectivity index (χ0n) is 11.6. The van der Waals surface area contributed by atoms with Crippen LogP contribution in [0.5, 0.6) is 0 Å². The number of hydrogen-bond acceptors (Lipinski definition) is 3. The average Bonchev–Trinajstić information content (AvgIpc) is 2.41. The summed E-state index contributed by atoms with van der Waals surface area (Å²) in [5.74, 6) is 0.805. The summed E-state index contributed by atoms with van der Waals surface area (Å²) in [5.41, 5.74) is 7.13. The Balaban J connectivity index is 1.82. The highest BCUT2D eigenvalue weighted by Crippen LogP contribution is 2.19. The van der Waals surface area contributed by atoms with E-state index in [0.29, 0.717) is 12.2 Å². The molecule has 4 heteroatoms. The minimum Gasteiger partial charge on any atom is -0.399 e. The van der Waals surface area contributed by atoms with Gasteiger partial charge in [0.15, 0.2) is 0 Å². The van der Waals surface area contributed by atoms with Gasteiger partial charge >= 0.3 is 0 Å². The molecule has 1 saturated heterocycles. The highest BCUT2D eigenvalue weighted by atomic mass is 16.2. The molecular formula is C15H23N3O. The number of carbonyl (C=O) groups excluding carboxylic acids is 1. The van der Waals surface area contributed by atoms with Gasteiger partial charge in [0.25, 0.3) is 0 Å². The Kier molecular flexibility index (Phi) is 4.80. The van der Waals surface area contributed by atoms with Crippen LogP contribution >= 0.6 is 0 Å². The number of likely N-dealkylation sites (tertiary alicyclic amines) is 1. The number of benzene rings is 1. The van der Waals surface area contributed by atoms with Crippen LogP contribution < -0.4 is 11.1 Å². The Morgan fingerprint density at radius 3 is 2.84 bits per heavy atom. The number of nitrogens with zero attached hydrogens (tertiary/aromatic N) is 1. The molecule has 4 nitrogen and oxygen atoms in total. The molecular weight excluding hydrogens is 238 g/mol. The molecule has 0 radical (unpaired) electrons. The van der Waals surface area contributed by atoms with Crippen molar-refractivity contribution in [3.05, 3.63) is 24.3 Å². The van der Waals surface area contributed by atoms with Gasteiger partial charge in [-0.15, -0.1) is 0 Å². The van der Waals surface area contributed by atoms with Gasteiger partial charge in [-0.05, 0) is 49.6 Å². The third-order valence-electron chi connectivity index (χ3n) is 3.74. The molecule has 0 aliphatic carbocycles. The van der Waals surface area contributed by atoms with Crippen LogP contribution in [-0.2, 0) is 4.79 Å². The SMILES string of the molecule is CCC1CCCN(CC(=O)Nc2ccc(N)cc2)C1. The zero-order chi connectivity index (χ0) is 13.7. The molecule has 1 heterocycles. The van der Waals surface area contributed by atoms with Crippen LogP contribution in [0.4, 0.5) is 11.4 Å². The predicted molar refractivity (Wildman–Crippen MR) is 78.9 cm³/mol. The third-order valence-corrected chi connectivity index (χ3v) is 3.74. The normalized spacial score (nSPS) is 20.2. The molecule has 1 fully saturated rings. The summed E-state index contributed by atoms with van der Waals surface area (Å²) in [6.45, 7) is 4.79. The monoisotopic (exact) mass is 261 g/mol. The summed E-state index contributed by atoms with van der Waals surface area (Å²) >= 11 is 0. The highest BCUT2D eigenvalue weighted by molar-refractivity contribution is 5.92. The van der Waals surface area contributed by atoms with Crippen LogP contribution in [0.3, 0.4) is 0 Å². The van der Waals surface area contributed by atoms with Gasteiger partial charge < -0.3 is 11.1 Å². The molecule has 0 spiro atoms. The lowest BCUT2D eigenvalue weighted by molar-refractivity contribution is -0.117. The lowest BCUT2D eigenvalue weighted by atomic mass is 9.96. The Morgan fingerprint density at radius 2 is 2.16 bits per heavy atom. The number of nitrogen functional groups attached to an aromatic ring is 1. The van der Waals surface area contributed by atoms with E-state index in [0.717, 1.165) is 24.7 Å². The van der Waals surface area contributed by atoms with E-state index >= 15 is 0 Å². The summed E-state index contributed by atoms with van der Waals surface area (Å²) in [5, 5.41) is 2.91. The van der Waals surface area contributed by atoms with E-state index in [2.05, 4.69) is 17.1 Å². The first-order valence-corrected chi connectivity index (χ1v) is 7.05. The van der Waals surface area contributed by atoms with Gasteiger partial charge in [0.05, 0.1) is 6.54 Å². The molecule has 1 aromatic rings. The maximum absolute atomic E-state index is 12.0. The lowest BCUT2D eigenvalue weighted by Crippen LogP contribution is -2.40. The van der Waals surface area contributed by atoms with Crippen molar-refractivity contribution < 1.29 is 4.79 Å². The van der Waals surface area contributed by atoms with Gasteiger partial charge in [-0.25, -0.2) is 0 Å². The fraction of sp³-hybridized carbons (Fsp3) is 0.533. The van der Waals surface area contributed by atoms with Crippen molar-refractivity contribution in [3.63, 3.8) is 0 Å². The minimum atomic E-state index is 0.0570. The number of hydrogen-bond donors (Lipinski definition) is 2. The van der Waals surface area contributed by atoms with E-state index in [-0.39, 0.29) is 5.91 Å². The summed E-state index contributed by atoms with van der Waals surface area (Å²) in [6.07, 6.45) is 3.70. The molecule has 1 aliphatic rings. The smallest absolute Gasteiger partial charge is 0.238 e. The van der Waals surface area contributed by atoms with Crippen LogP contribution in [0.1, 0.15) is 26.2 Å². The van der Waals surface area contributed by atoms with E-state index < -0.39 is 0 Å². The van der Waals surface area contributed by atoms with E-state index in [9.17, 15) is 4.79 Å². The number of rotatable bonds is 4. The second-order valence-corrected chi connectivity index (χ2v) is 5.32. The van der Waals surface area contributed by atoms with Crippen molar-refractivity contribution in [1.29, 1.82) is 0 Å². The quantitative estimate of drug-likeness (QED) is 0.818. The van der Waals surface area contributed by atoms with E-state index in [4.69, 9.17) is 5.73 Å². The topological polar surface area (TPSA) is 58.4 Å². The number of nitrogens with one attached hydrogen (secondary N) is 1. The number of nitrogens with two attached hydrogens (primary N) is 1. The molecule has 0 aromatic heterocycles. The van der Waals surface area contributed by atoms with Crippen LogP contribution in [-0.4, -0.2) is 30.4 Å². The van der Waals surface area contributed by atoms with Gasteiger partial charge in [-0.3, -0.25) is 9.69 Å². The van der Waals surface area contributed by atoms with E-state index in [1.165, 1.54) is 19.3 Å². The number of anilines is 2. The van der Waals surface area contributed by atoms with Gasteiger partial charge in [-0.1, -0.05) is 13.3 Å². The highest BCUT2D eigenvalue weighted by Gasteiger charge is 2.20. The van der Waals surface area contributed by atoms with Crippen molar-refractivity contribution in [1.82, 2.24) is 4.90 Å². The molecule has 2 rings (SSSR count). The number of amides is 1. The second-order valence-electron chi connectivity index (χ2n) is 5.32. The summed E-state index contributed by atoms with van der Waals surface area (Å²) in [6, 6.07) is 7.25. The Bertz CT molecular complexity index is 416. The summed E-state index contributed by atoms with van der Waals surface area (Å²) in [7, 11) is 0. The molecule has 1 aliphatic heterocycles. The molecule has 0 saturated carbocycles. The standard InChI is InChI=1S/C15H23N3O/c1-2-12-4-3-9-18(10-12)11-15(19)17-14-7-5-13(16)6-8-14/h5-8,12H,2-4,9-11,16H2,1H3,(H,17,19). The molecule has 1 amide bonds. The van der Waals surface area contributed by atoms with Crippen molar-refractivity contribution in [2.75, 3.05) is 30.7 Å². The first kappa shape index (κ1) is 13.9. The summed E-state index contributed by atoms with van der Waals surface area (Å²) in [4.78, 5) is 14.2. The molecule has 1 aromatic carbocycles. The third kappa shape index (κ3) is 4.24. The Hall–Kier alpha value is -1.55. The Labute approximate surface area is 115 Å². The first-order valence-electron chi connectivity index (χ1n) is 7.05. The van der Waals surface area contributed by atoms with Crippen LogP contribution in [0.15, 0.2) is 24.3 Å². The fourth-order valence-electron chi connectivity index (χ4n) is 2.60.